The van der Waals surface area contributed by atoms with E-state index >= 15 is 0 Å². The number of ether oxygens (including phenoxy) is 2. The minimum atomic E-state index is -2.67. The molecule has 176 valence electrons. The molecule has 1 aromatic carbocycles. The van der Waals surface area contributed by atoms with Crippen LogP contribution in [0.5, 0.6) is 5.88 Å². The molecular formula is C20H19F4N5O3S. The van der Waals surface area contributed by atoms with Crippen molar-refractivity contribution in [2.75, 3.05) is 24.5 Å². The number of alkyl halides is 3. The summed E-state index contributed by atoms with van der Waals surface area (Å²) in [6, 6.07) is 3.87. The van der Waals surface area contributed by atoms with Gasteiger partial charge in [-0.25, -0.2) is 32.5 Å². The molecule has 0 bridgehead atoms. The van der Waals surface area contributed by atoms with Gasteiger partial charge in [0.25, 0.3) is 12.3 Å². The van der Waals surface area contributed by atoms with Crippen LogP contribution in [0.4, 0.5) is 23.2 Å². The third-order valence-electron chi connectivity index (χ3n) is 5.49. The molecule has 3 N–H and O–H groups in total. The Balaban J connectivity index is 1.62. The molecule has 1 amide bonds. The highest BCUT2D eigenvalue weighted by atomic mass is 32.2. The number of nitrogens with two attached hydrogens (primary N) is 1. The Kier molecular flexibility index (Phi) is 6.70. The number of aliphatic imine (C=N–C) groups is 1. The van der Waals surface area contributed by atoms with Gasteiger partial charge in [0.2, 0.25) is 12.7 Å². The van der Waals surface area contributed by atoms with Gasteiger partial charge in [-0.05, 0) is 24.6 Å². The lowest BCUT2D eigenvalue weighted by Gasteiger charge is -2.46. The normalized spacial score (nSPS) is 24.7. The largest absolute Gasteiger partial charge is 0.445 e. The first kappa shape index (κ1) is 23.2. The summed E-state index contributed by atoms with van der Waals surface area (Å²) >= 11 is 1.22. The molecule has 3 atom stereocenters. The number of carbonyl (C=O) groups excluding carboxylic acids is 1. The molecule has 0 saturated carbocycles. The van der Waals surface area contributed by atoms with Gasteiger partial charge in [0.1, 0.15) is 23.2 Å². The second kappa shape index (κ2) is 9.51. The molecule has 13 heteroatoms. The number of aromatic nitrogens is 2. The molecule has 0 unspecified atom stereocenters. The number of amidine groups is 1. The fraction of sp³-hybridized carbons (Fsp3) is 0.400. The Hall–Kier alpha value is -2.93. The molecule has 1 aromatic heterocycles. The van der Waals surface area contributed by atoms with Crippen LogP contribution in [-0.2, 0) is 10.3 Å². The zero-order chi connectivity index (χ0) is 23.6. The second-order valence-corrected chi connectivity index (χ2v) is 8.48. The minimum Gasteiger partial charge on any atom is -0.445 e. The maximum atomic E-state index is 15.0. The average Bonchev–Trinajstić information content (AvgIpc) is 2.80. The lowest BCUT2D eigenvalue weighted by molar-refractivity contribution is -0.120. The molecule has 2 aliphatic rings. The van der Waals surface area contributed by atoms with Crippen LogP contribution < -0.4 is 15.8 Å². The van der Waals surface area contributed by atoms with Gasteiger partial charge in [0.05, 0.1) is 19.0 Å². The van der Waals surface area contributed by atoms with E-state index in [9.17, 15) is 22.4 Å². The second-order valence-electron chi connectivity index (χ2n) is 7.44. The van der Waals surface area contributed by atoms with Crippen molar-refractivity contribution in [3.05, 3.63) is 47.7 Å². The minimum absolute atomic E-state index is 0.0135. The number of hydrogen-bond acceptors (Lipinski definition) is 8. The van der Waals surface area contributed by atoms with Crippen LogP contribution >= 0.6 is 11.8 Å². The van der Waals surface area contributed by atoms with Crippen molar-refractivity contribution in [2.24, 2.45) is 16.6 Å². The third kappa shape index (κ3) is 4.74. The Morgan fingerprint density at radius 2 is 2.18 bits per heavy atom. The van der Waals surface area contributed by atoms with Crippen LogP contribution in [0.25, 0.3) is 0 Å². The number of fused-ring (bicyclic) bond motifs is 1. The van der Waals surface area contributed by atoms with Gasteiger partial charge in [-0.15, -0.1) is 0 Å². The fourth-order valence-corrected chi connectivity index (χ4v) is 4.88. The van der Waals surface area contributed by atoms with Crippen molar-refractivity contribution >= 4 is 28.5 Å². The van der Waals surface area contributed by atoms with E-state index in [1.807, 2.05) is 0 Å². The van der Waals surface area contributed by atoms with Gasteiger partial charge < -0.3 is 20.5 Å². The Morgan fingerprint density at radius 1 is 1.36 bits per heavy atom. The molecule has 1 saturated heterocycles. The van der Waals surface area contributed by atoms with Crippen molar-refractivity contribution in [2.45, 2.75) is 24.5 Å². The number of nitrogens with zero attached hydrogens (tertiary/aromatic N) is 3. The smallest absolute Gasteiger partial charge is 0.275 e. The van der Waals surface area contributed by atoms with Crippen LogP contribution in [0.15, 0.2) is 35.6 Å². The maximum absolute atomic E-state index is 15.0. The summed E-state index contributed by atoms with van der Waals surface area (Å²) in [5.74, 6) is -1.44. The van der Waals surface area contributed by atoms with Gasteiger partial charge in [-0.3, -0.25) is 4.79 Å². The number of amides is 1. The van der Waals surface area contributed by atoms with Gasteiger partial charge in [0.15, 0.2) is 5.17 Å². The Labute approximate surface area is 190 Å². The first-order valence-corrected chi connectivity index (χ1v) is 10.8. The predicted octanol–water partition coefficient (Wildman–Crippen LogP) is 3.10. The molecule has 4 rings (SSSR count). The number of halogens is 4. The zero-order valence-corrected chi connectivity index (χ0v) is 17.8. The van der Waals surface area contributed by atoms with Crippen LogP contribution in [0.3, 0.4) is 0 Å². The molecule has 0 radical (unpaired) electrons. The summed E-state index contributed by atoms with van der Waals surface area (Å²) in [6.07, 6.45) is -1.77. The maximum Gasteiger partial charge on any atom is 0.275 e. The number of carbonyl (C=O) groups is 1. The molecule has 0 aliphatic carbocycles. The van der Waals surface area contributed by atoms with Crippen LogP contribution in [0.1, 0.15) is 22.5 Å². The summed E-state index contributed by atoms with van der Waals surface area (Å²) in [7, 11) is 0. The number of thioether (sulfide) groups is 1. The summed E-state index contributed by atoms with van der Waals surface area (Å²) in [5, 5.41) is 2.78. The quantitative estimate of drug-likeness (QED) is 0.605. The predicted molar refractivity (Wildman–Crippen MR) is 113 cm³/mol. The molecule has 0 spiro atoms. The van der Waals surface area contributed by atoms with Gasteiger partial charge in [0, 0.05) is 22.9 Å². The molecule has 8 nitrogen and oxygen atoms in total. The molecular weight excluding hydrogens is 466 g/mol. The van der Waals surface area contributed by atoms with E-state index in [0.29, 0.717) is 5.75 Å². The monoisotopic (exact) mass is 485 g/mol. The van der Waals surface area contributed by atoms with E-state index in [2.05, 4.69) is 25.0 Å². The lowest BCUT2D eigenvalue weighted by atomic mass is 9.75. The summed E-state index contributed by atoms with van der Waals surface area (Å²) < 4.78 is 63.6. The lowest BCUT2D eigenvalue weighted by Crippen LogP contribution is -2.51. The number of hydrogen-bond donors (Lipinski definition) is 2. The van der Waals surface area contributed by atoms with Crippen molar-refractivity contribution in [3.63, 3.8) is 0 Å². The van der Waals surface area contributed by atoms with Crippen molar-refractivity contribution in [1.29, 1.82) is 0 Å². The number of benzene rings is 1. The molecule has 33 heavy (non-hydrogen) atoms. The van der Waals surface area contributed by atoms with Crippen LogP contribution in [0, 0.1) is 11.7 Å². The number of rotatable bonds is 6. The van der Waals surface area contributed by atoms with Gasteiger partial charge in [-0.2, -0.15) is 0 Å². The zero-order valence-electron chi connectivity index (χ0n) is 17.0. The standard InChI is InChI=1S/C20H19F4N5O3S/c21-9-32-16-6-26-14(5-27-16)18(30)28-11-1-2-13(22)12(4-11)20-8-31-15(17(23)24)3-10(20)7-33-19(25)29-20/h1-2,4-6,10,15,17H,3,7-9H2,(H2,25,29)(H,28,30)/t10-,15+,20-/m0/s1. The first-order valence-electron chi connectivity index (χ1n) is 9.82. The fourth-order valence-electron chi connectivity index (χ4n) is 3.87. The Morgan fingerprint density at radius 3 is 2.88 bits per heavy atom. The van der Waals surface area contributed by atoms with Gasteiger partial charge in [-0.1, -0.05) is 11.8 Å². The van der Waals surface area contributed by atoms with E-state index in [4.69, 9.17) is 10.5 Å². The van der Waals surface area contributed by atoms with E-state index in [1.54, 1.807) is 0 Å². The van der Waals surface area contributed by atoms with E-state index < -0.39 is 42.6 Å². The van der Waals surface area contributed by atoms with Gasteiger partial charge >= 0.3 is 0 Å². The third-order valence-corrected chi connectivity index (χ3v) is 6.44. The van der Waals surface area contributed by atoms with Crippen LogP contribution in [0.2, 0.25) is 0 Å². The van der Waals surface area contributed by atoms with E-state index in [-0.39, 0.29) is 41.0 Å². The summed E-state index contributed by atoms with van der Waals surface area (Å²) in [6.45, 7) is -1.36. The Bertz CT molecular complexity index is 1060. The molecule has 2 aliphatic heterocycles. The number of anilines is 1. The van der Waals surface area contributed by atoms with Crippen LogP contribution in [-0.4, -0.2) is 52.8 Å². The van der Waals surface area contributed by atoms with E-state index in [0.717, 1.165) is 18.5 Å². The highest BCUT2D eigenvalue weighted by Gasteiger charge is 2.51. The SMILES string of the molecule is NC1=N[C@@]2(c3cc(NC(=O)c4cnc(OCF)cn4)ccc3F)CO[C@@H](C(F)F)C[C@H]2CS1. The van der Waals surface area contributed by atoms with Crippen molar-refractivity contribution in [1.82, 2.24) is 9.97 Å². The highest BCUT2D eigenvalue weighted by Crippen LogP contribution is 2.47. The van der Waals surface area contributed by atoms with Crippen molar-refractivity contribution in [3.8, 4) is 5.88 Å². The molecule has 3 heterocycles. The summed E-state index contributed by atoms with van der Waals surface area (Å²) in [5.41, 5.74) is 4.83. The summed E-state index contributed by atoms with van der Waals surface area (Å²) in [4.78, 5) is 24.6. The first-order chi connectivity index (χ1) is 15.8. The topological polar surface area (TPSA) is 112 Å². The number of nitrogens with one attached hydrogen (secondary N) is 1. The van der Waals surface area contributed by atoms with E-state index in [1.165, 1.54) is 23.9 Å². The average molecular weight is 485 g/mol. The van der Waals surface area contributed by atoms with Crippen molar-refractivity contribution < 1.29 is 31.8 Å². The highest BCUT2D eigenvalue weighted by molar-refractivity contribution is 8.13. The molecule has 2 aromatic rings. The molecule has 1 fully saturated rings.